The summed E-state index contributed by atoms with van der Waals surface area (Å²) in [5, 5.41) is 11.6. The van der Waals surface area contributed by atoms with Crippen LogP contribution in [0.5, 0.6) is 0 Å². The van der Waals surface area contributed by atoms with Crippen LogP contribution in [-0.2, 0) is 9.53 Å². The Kier molecular flexibility index (Phi) is 4.61. The first-order valence-corrected chi connectivity index (χ1v) is 4.87. The quantitative estimate of drug-likeness (QED) is 0.475. The summed E-state index contributed by atoms with van der Waals surface area (Å²) in [5.74, 6) is -0.617. The minimum Gasteiger partial charge on any atom is -0.462 e. The molecule has 4 nitrogen and oxygen atoms in total. The molecule has 1 aromatic carbocycles. The van der Waals surface area contributed by atoms with E-state index in [4.69, 9.17) is 10.00 Å². The number of benzene rings is 1. The number of para-hydroxylation sites is 1. The first-order chi connectivity index (χ1) is 7.77. The van der Waals surface area contributed by atoms with Gasteiger partial charge in [0.25, 0.3) is 0 Å². The molecular weight excluding hydrogens is 204 g/mol. The predicted octanol–water partition coefficient (Wildman–Crippen LogP) is 2.07. The Morgan fingerprint density at radius 2 is 2.19 bits per heavy atom. The Morgan fingerprint density at radius 1 is 1.50 bits per heavy atom. The van der Waals surface area contributed by atoms with Crippen molar-refractivity contribution in [2.75, 3.05) is 11.9 Å². The SMILES string of the molecule is CCOC(=O)/C(C#N)=C/Nc1ccccc1. The zero-order valence-corrected chi connectivity index (χ0v) is 8.93. The van der Waals surface area contributed by atoms with Gasteiger partial charge in [-0.2, -0.15) is 5.26 Å². The second kappa shape index (κ2) is 6.25. The summed E-state index contributed by atoms with van der Waals surface area (Å²) in [6.07, 6.45) is 1.34. The largest absolute Gasteiger partial charge is 0.462 e. The molecule has 4 heteroatoms. The number of rotatable bonds is 4. The molecule has 0 unspecified atom stereocenters. The molecule has 0 aromatic heterocycles. The Morgan fingerprint density at radius 3 is 2.75 bits per heavy atom. The van der Waals surface area contributed by atoms with Crippen molar-refractivity contribution in [3.05, 3.63) is 42.1 Å². The number of ether oxygens (including phenoxy) is 1. The van der Waals surface area contributed by atoms with Crippen molar-refractivity contribution in [3.63, 3.8) is 0 Å². The van der Waals surface area contributed by atoms with Crippen LogP contribution in [0.25, 0.3) is 0 Å². The lowest BCUT2D eigenvalue weighted by Gasteiger charge is -2.01. The molecule has 0 spiro atoms. The Balaban J connectivity index is 2.68. The van der Waals surface area contributed by atoms with Crippen molar-refractivity contribution in [3.8, 4) is 6.07 Å². The van der Waals surface area contributed by atoms with E-state index < -0.39 is 5.97 Å². The summed E-state index contributed by atoms with van der Waals surface area (Å²) in [6.45, 7) is 1.95. The summed E-state index contributed by atoms with van der Waals surface area (Å²) < 4.78 is 4.71. The molecule has 0 aliphatic heterocycles. The van der Waals surface area contributed by atoms with Crippen LogP contribution in [0.2, 0.25) is 0 Å². The molecule has 0 fully saturated rings. The molecule has 0 saturated carbocycles. The highest BCUT2D eigenvalue weighted by atomic mass is 16.5. The number of carbonyl (C=O) groups is 1. The Hall–Kier alpha value is -2.28. The third-order valence-electron chi connectivity index (χ3n) is 1.77. The lowest BCUT2D eigenvalue weighted by atomic mass is 10.3. The van der Waals surface area contributed by atoms with Gasteiger partial charge in [0.1, 0.15) is 6.07 Å². The van der Waals surface area contributed by atoms with Crippen molar-refractivity contribution >= 4 is 11.7 Å². The first kappa shape index (κ1) is 11.8. The van der Waals surface area contributed by atoms with E-state index in [-0.39, 0.29) is 12.2 Å². The van der Waals surface area contributed by atoms with Gasteiger partial charge in [-0.05, 0) is 19.1 Å². The highest BCUT2D eigenvalue weighted by Crippen LogP contribution is 2.06. The molecule has 82 valence electrons. The van der Waals surface area contributed by atoms with E-state index in [0.717, 1.165) is 5.69 Å². The van der Waals surface area contributed by atoms with Gasteiger partial charge in [-0.3, -0.25) is 0 Å². The van der Waals surface area contributed by atoms with Crippen LogP contribution in [0.15, 0.2) is 42.1 Å². The molecule has 0 heterocycles. The first-order valence-electron chi connectivity index (χ1n) is 4.87. The molecule has 0 atom stereocenters. The number of esters is 1. The molecule has 16 heavy (non-hydrogen) atoms. The summed E-state index contributed by atoms with van der Waals surface area (Å²) in [4.78, 5) is 11.2. The summed E-state index contributed by atoms with van der Waals surface area (Å²) in [7, 11) is 0. The van der Waals surface area contributed by atoms with Gasteiger partial charge in [0.05, 0.1) is 6.61 Å². The Labute approximate surface area is 94.1 Å². The average molecular weight is 216 g/mol. The molecule has 1 rings (SSSR count). The second-order valence-corrected chi connectivity index (χ2v) is 2.90. The number of hydrogen-bond donors (Lipinski definition) is 1. The van der Waals surface area contributed by atoms with Crippen molar-refractivity contribution in [1.82, 2.24) is 0 Å². The smallest absolute Gasteiger partial charge is 0.350 e. The summed E-state index contributed by atoms with van der Waals surface area (Å²) >= 11 is 0. The van der Waals surface area contributed by atoms with Crippen molar-refractivity contribution in [1.29, 1.82) is 5.26 Å². The molecule has 0 amide bonds. The van der Waals surface area contributed by atoms with Crippen molar-refractivity contribution in [2.24, 2.45) is 0 Å². The van der Waals surface area contributed by atoms with Crippen molar-refractivity contribution in [2.45, 2.75) is 6.92 Å². The zero-order valence-electron chi connectivity index (χ0n) is 8.93. The maximum absolute atomic E-state index is 11.2. The van der Waals surface area contributed by atoms with Crippen LogP contribution in [0, 0.1) is 11.3 Å². The molecule has 0 saturated heterocycles. The summed E-state index contributed by atoms with van der Waals surface area (Å²) in [6, 6.07) is 11.0. The van der Waals surface area contributed by atoms with Gasteiger partial charge in [-0.25, -0.2) is 4.79 Å². The third kappa shape index (κ3) is 3.46. The van der Waals surface area contributed by atoms with Crippen LogP contribution in [-0.4, -0.2) is 12.6 Å². The van der Waals surface area contributed by atoms with Crippen LogP contribution in [0.1, 0.15) is 6.92 Å². The van der Waals surface area contributed by atoms with E-state index in [1.807, 2.05) is 30.3 Å². The molecule has 1 N–H and O–H groups in total. The van der Waals surface area contributed by atoms with Gasteiger partial charge in [0.2, 0.25) is 0 Å². The Bertz CT molecular complexity index is 418. The number of nitrogens with zero attached hydrogens (tertiary/aromatic N) is 1. The lowest BCUT2D eigenvalue weighted by Crippen LogP contribution is -2.07. The van der Waals surface area contributed by atoms with Crippen LogP contribution >= 0.6 is 0 Å². The number of hydrogen-bond acceptors (Lipinski definition) is 4. The molecule has 0 bridgehead atoms. The molecule has 0 radical (unpaired) electrons. The van der Waals surface area contributed by atoms with Gasteiger partial charge in [-0.15, -0.1) is 0 Å². The molecule has 0 aliphatic carbocycles. The van der Waals surface area contributed by atoms with Crippen LogP contribution in [0.3, 0.4) is 0 Å². The maximum atomic E-state index is 11.2. The number of nitriles is 1. The average Bonchev–Trinajstić information content (AvgIpc) is 2.31. The van der Waals surface area contributed by atoms with E-state index >= 15 is 0 Å². The fourth-order valence-corrected chi connectivity index (χ4v) is 1.04. The van der Waals surface area contributed by atoms with E-state index in [1.54, 1.807) is 13.0 Å². The fourth-order valence-electron chi connectivity index (χ4n) is 1.04. The van der Waals surface area contributed by atoms with Crippen LogP contribution < -0.4 is 5.32 Å². The van der Waals surface area contributed by atoms with E-state index in [1.165, 1.54) is 6.20 Å². The highest BCUT2D eigenvalue weighted by molar-refractivity contribution is 5.93. The molecular formula is C12H12N2O2. The number of anilines is 1. The maximum Gasteiger partial charge on any atom is 0.350 e. The molecule has 1 aromatic rings. The van der Waals surface area contributed by atoms with E-state index in [2.05, 4.69) is 5.32 Å². The van der Waals surface area contributed by atoms with Gasteiger partial charge in [0, 0.05) is 11.9 Å². The van der Waals surface area contributed by atoms with Gasteiger partial charge in [0.15, 0.2) is 5.57 Å². The number of carbonyl (C=O) groups excluding carboxylic acids is 1. The van der Waals surface area contributed by atoms with Gasteiger partial charge < -0.3 is 10.1 Å². The molecule has 0 aliphatic rings. The second-order valence-electron chi connectivity index (χ2n) is 2.90. The van der Waals surface area contributed by atoms with Crippen LogP contribution in [0.4, 0.5) is 5.69 Å². The van der Waals surface area contributed by atoms with Gasteiger partial charge >= 0.3 is 5.97 Å². The highest BCUT2D eigenvalue weighted by Gasteiger charge is 2.08. The van der Waals surface area contributed by atoms with E-state index in [9.17, 15) is 4.79 Å². The lowest BCUT2D eigenvalue weighted by molar-refractivity contribution is -0.138. The standard InChI is InChI=1S/C12H12N2O2/c1-2-16-12(15)10(8-13)9-14-11-6-4-3-5-7-11/h3-7,9,14H,2H2,1H3/b10-9+. The zero-order chi connectivity index (χ0) is 11.8. The summed E-state index contributed by atoms with van der Waals surface area (Å²) in [5.41, 5.74) is 0.755. The monoisotopic (exact) mass is 216 g/mol. The van der Waals surface area contributed by atoms with E-state index in [0.29, 0.717) is 0 Å². The fraction of sp³-hybridized carbons (Fsp3) is 0.167. The van der Waals surface area contributed by atoms with Crippen molar-refractivity contribution < 1.29 is 9.53 Å². The van der Waals surface area contributed by atoms with Gasteiger partial charge in [-0.1, -0.05) is 18.2 Å². The topological polar surface area (TPSA) is 62.1 Å². The minimum absolute atomic E-state index is 0.0503. The minimum atomic E-state index is -0.617. The number of nitrogens with one attached hydrogen (secondary N) is 1. The normalized spacial score (nSPS) is 10.4. The third-order valence-corrected chi connectivity index (χ3v) is 1.77. The predicted molar refractivity (Wildman–Crippen MR) is 60.4 cm³/mol.